The van der Waals surface area contributed by atoms with Gasteiger partial charge in [0.1, 0.15) is 11.9 Å². The highest BCUT2D eigenvalue weighted by Crippen LogP contribution is 2.37. The van der Waals surface area contributed by atoms with Crippen LogP contribution in [-0.2, 0) is 11.3 Å². The maximum atomic E-state index is 13.7. The van der Waals surface area contributed by atoms with Gasteiger partial charge in [0.15, 0.2) is 0 Å². The highest BCUT2D eigenvalue weighted by atomic mass is 19.1. The predicted octanol–water partition coefficient (Wildman–Crippen LogP) is 5.41. The van der Waals surface area contributed by atoms with Crippen molar-refractivity contribution in [1.29, 1.82) is 0 Å². The summed E-state index contributed by atoms with van der Waals surface area (Å²) in [6.45, 7) is 7.90. The van der Waals surface area contributed by atoms with E-state index in [0.717, 1.165) is 27.8 Å². The number of amides is 2. The quantitative estimate of drug-likeness (QED) is 0.601. The molecule has 1 heterocycles. The maximum absolute atomic E-state index is 13.7. The normalized spacial score (nSPS) is 15.6. The lowest BCUT2D eigenvalue weighted by Gasteiger charge is -2.29. The molecular formula is C27H27FN2O2. The number of hydrogen-bond donors (Lipinski definition) is 1. The Morgan fingerprint density at radius 3 is 2.31 bits per heavy atom. The second kappa shape index (κ2) is 8.23. The largest absolute Gasteiger partial charge is 0.349 e. The summed E-state index contributed by atoms with van der Waals surface area (Å²) < 4.78 is 13.7. The number of nitrogens with one attached hydrogen (secondary N) is 1. The molecule has 32 heavy (non-hydrogen) atoms. The molecule has 0 saturated heterocycles. The van der Waals surface area contributed by atoms with Crippen molar-refractivity contribution in [3.05, 3.63) is 94.8 Å². The topological polar surface area (TPSA) is 49.4 Å². The Morgan fingerprint density at radius 2 is 1.62 bits per heavy atom. The van der Waals surface area contributed by atoms with E-state index in [1.165, 1.54) is 12.1 Å². The summed E-state index contributed by atoms with van der Waals surface area (Å²) in [4.78, 5) is 28.2. The number of fused-ring (bicyclic) bond motifs is 1. The smallest absolute Gasteiger partial charge is 0.255 e. The van der Waals surface area contributed by atoms with Crippen molar-refractivity contribution in [1.82, 2.24) is 10.2 Å². The molecule has 0 aliphatic carbocycles. The molecule has 5 heteroatoms. The fourth-order valence-corrected chi connectivity index (χ4v) is 4.29. The van der Waals surface area contributed by atoms with Crippen LogP contribution in [0, 0.1) is 12.7 Å². The second-order valence-corrected chi connectivity index (χ2v) is 9.28. The second-order valence-electron chi connectivity index (χ2n) is 9.28. The first-order valence-corrected chi connectivity index (χ1v) is 10.7. The molecule has 1 N–H and O–H groups in total. The van der Waals surface area contributed by atoms with Gasteiger partial charge >= 0.3 is 0 Å². The molecule has 4 nitrogen and oxygen atoms in total. The van der Waals surface area contributed by atoms with Crippen LogP contribution in [0.15, 0.2) is 66.7 Å². The Labute approximate surface area is 188 Å². The average Bonchev–Trinajstić information content (AvgIpc) is 3.00. The third-order valence-electron chi connectivity index (χ3n) is 5.64. The van der Waals surface area contributed by atoms with Crippen LogP contribution in [0.1, 0.15) is 53.9 Å². The lowest BCUT2D eigenvalue weighted by Crippen LogP contribution is -2.46. The molecule has 3 aromatic rings. The van der Waals surface area contributed by atoms with Crippen LogP contribution < -0.4 is 5.32 Å². The summed E-state index contributed by atoms with van der Waals surface area (Å²) in [6, 6.07) is 19.0. The number of hydrogen-bond acceptors (Lipinski definition) is 2. The van der Waals surface area contributed by atoms with Gasteiger partial charge in [-0.25, -0.2) is 4.39 Å². The summed E-state index contributed by atoms with van der Waals surface area (Å²) >= 11 is 0. The predicted molar refractivity (Wildman–Crippen MR) is 124 cm³/mol. The lowest BCUT2D eigenvalue weighted by molar-refractivity contribution is -0.127. The van der Waals surface area contributed by atoms with Gasteiger partial charge < -0.3 is 10.2 Å². The van der Waals surface area contributed by atoms with Gasteiger partial charge in [-0.15, -0.1) is 0 Å². The van der Waals surface area contributed by atoms with E-state index in [9.17, 15) is 14.0 Å². The SMILES string of the molecule is Cc1cc(F)ccc1-c1ccccc1CN1C(=O)c2ccccc2C1C(=O)NC(C)(C)C. The van der Waals surface area contributed by atoms with Crippen molar-refractivity contribution in [2.75, 3.05) is 0 Å². The molecule has 1 aliphatic heterocycles. The van der Waals surface area contributed by atoms with Crippen molar-refractivity contribution in [2.24, 2.45) is 0 Å². The molecule has 1 atom stereocenters. The number of benzene rings is 3. The van der Waals surface area contributed by atoms with E-state index in [1.807, 2.05) is 70.2 Å². The minimum absolute atomic E-state index is 0.166. The fraction of sp³-hybridized carbons (Fsp3) is 0.259. The highest BCUT2D eigenvalue weighted by molar-refractivity contribution is 6.04. The summed E-state index contributed by atoms with van der Waals surface area (Å²) in [5, 5.41) is 3.03. The first kappa shape index (κ1) is 21.8. The van der Waals surface area contributed by atoms with Crippen LogP contribution in [0.2, 0.25) is 0 Å². The van der Waals surface area contributed by atoms with Gasteiger partial charge in [0, 0.05) is 17.6 Å². The maximum Gasteiger partial charge on any atom is 0.255 e. The lowest BCUT2D eigenvalue weighted by atomic mass is 9.95. The number of aryl methyl sites for hydroxylation is 1. The van der Waals surface area contributed by atoms with Crippen LogP contribution in [-0.4, -0.2) is 22.3 Å². The zero-order chi connectivity index (χ0) is 23.0. The molecule has 0 radical (unpaired) electrons. The van der Waals surface area contributed by atoms with Crippen molar-refractivity contribution in [3.8, 4) is 11.1 Å². The molecule has 0 fully saturated rings. The van der Waals surface area contributed by atoms with Gasteiger partial charge in [-0.05, 0) is 73.7 Å². The summed E-state index contributed by atoms with van der Waals surface area (Å²) in [7, 11) is 0. The van der Waals surface area contributed by atoms with Crippen LogP contribution in [0.4, 0.5) is 4.39 Å². The minimum Gasteiger partial charge on any atom is -0.349 e. The number of halogens is 1. The Morgan fingerprint density at radius 1 is 0.969 bits per heavy atom. The van der Waals surface area contributed by atoms with E-state index >= 15 is 0 Å². The summed E-state index contributed by atoms with van der Waals surface area (Å²) in [5.41, 5.74) is 4.39. The van der Waals surface area contributed by atoms with Crippen molar-refractivity contribution in [3.63, 3.8) is 0 Å². The monoisotopic (exact) mass is 430 g/mol. The Kier molecular flexibility index (Phi) is 5.59. The van der Waals surface area contributed by atoms with Gasteiger partial charge in [0.25, 0.3) is 5.91 Å². The molecule has 1 aliphatic rings. The third kappa shape index (κ3) is 4.15. The fourth-order valence-electron chi connectivity index (χ4n) is 4.29. The molecule has 1 unspecified atom stereocenters. The molecule has 0 bridgehead atoms. The number of carbonyl (C=O) groups is 2. The van der Waals surface area contributed by atoms with E-state index in [4.69, 9.17) is 0 Å². The standard InChI is InChI=1S/C27H27FN2O2/c1-17-15-19(28)13-14-20(17)21-10-6-5-9-18(21)16-30-24(25(31)29-27(2,3)4)22-11-7-8-12-23(22)26(30)32/h5-15,24H,16H2,1-4H3,(H,29,31). The molecule has 0 saturated carbocycles. The summed E-state index contributed by atoms with van der Waals surface area (Å²) in [5.74, 6) is -0.653. The van der Waals surface area contributed by atoms with Gasteiger partial charge in [-0.3, -0.25) is 9.59 Å². The van der Waals surface area contributed by atoms with E-state index in [1.54, 1.807) is 17.0 Å². The van der Waals surface area contributed by atoms with Crippen molar-refractivity contribution < 1.29 is 14.0 Å². The number of nitrogens with zero attached hydrogens (tertiary/aromatic N) is 1. The molecule has 3 aromatic carbocycles. The summed E-state index contributed by atoms with van der Waals surface area (Å²) in [6.07, 6.45) is 0. The highest BCUT2D eigenvalue weighted by Gasteiger charge is 2.41. The van der Waals surface area contributed by atoms with E-state index in [0.29, 0.717) is 5.56 Å². The molecule has 0 spiro atoms. The number of rotatable bonds is 4. The zero-order valence-corrected chi connectivity index (χ0v) is 18.8. The zero-order valence-electron chi connectivity index (χ0n) is 18.8. The molecular weight excluding hydrogens is 403 g/mol. The van der Waals surface area contributed by atoms with Crippen LogP contribution in [0.3, 0.4) is 0 Å². The van der Waals surface area contributed by atoms with Crippen LogP contribution in [0.5, 0.6) is 0 Å². The van der Waals surface area contributed by atoms with Gasteiger partial charge in [0.05, 0.1) is 0 Å². The Bertz CT molecular complexity index is 1200. The Balaban J connectivity index is 1.75. The first-order chi connectivity index (χ1) is 15.2. The van der Waals surface area contributed by atoms with Gasteiger partial charge in [0.2, 0.25) is 5.91 Å². The molecule has 164 valence electrons. The third-order valence-corrected chi connectivity index (χ3v) is 5.64. The molecule has 4 rings (SSSR count). The first-order valence-electron chi connectivity index (χ1n) is 10.7. The minimum atomic E-state index is -0.708. The molecule has 2 amide bonds. The Hall–Kier alpha value is -3.47. The average molecular weight is 431 g/mol. The van der Waals surface area contributed by atoms with E-state index in [2.05, 4.69) is 5.32 Å². The number of carbonyl (C=O) groups excluding carboxylic acids is 2. The van der Waals surface area contributed by atoms with Crippen LogP contribution in [0.25, 0.3) is 11.1 Å². The van der Waals surface area contributed by atoms with Gasteiger partial charge in [-0.1, -0.05) is 48.5 Å². The van der Waals surface area contributed by atoms with E-state index < -0.39 is 11.6 Å². The van der Waals surface area contributed by atoms with Crippen molar-refractivity contribution in [2.45, 2.75) is 45.8 Å². The van der Waals surface area contributed by atoms with E-state index in [-0.39, 0.29) is 24.2 Å². The van der Waals surface area contributed by atoms with Crippen LogP contribution >= 0.6 is 0 Å². The molecule has 0 aromatic heterocycles. The van der Waals surface area contributed by atoms with Gasteiger partial charge in [-0.2, -0.15) is 0 Å². The van der Waals surface area contributed by atoms with Crippen molar-refractivity contribution >= 4 is 11.8 Å².